The standard InChI is InChI=1S/C21H28N2OS/c1-16(2)25-20-12-10-18(11-13-20)21(24)22-15-19(23(3)4)14-17-8-6-5-7-9-17/h5-13,16,19H,14-15H2,1-4H3,(H,22,24). The van der Waals surface area contributed by atoms with Crippen LogP contribution in [-0.4, -0.2) is 42.7 Å². The number of benzene rings is 2. The van der Waals surface area contributed by atoms with E-state index >= 15 is 0 Å². The first-order valence-electron chi connectivity index (χ1n) is 8.71. The van der Waals surface area contributed by atoms with Gasteiger partial charge in [0.15, 0.2) is 0 Å². The summed E-state index contributed by atoms with van der Waals surface area (Å²) in [6.07, 6.45) is 0.915. The summed E-state index contributed by atoms with van der Waals surface area (Å²) < 4.78 is 0. The summed E-state index contributed by atoms with van der Waals surface area (Å²) in [6, 6.07) is 18.5. The maximum atomic E-state index is 12.4. The summed E-state index contributed by atoms with van der Waals surface area (Å²) in [4.78, 5) is 15.8. The molecule has 0 aromatic heterocycles. The van der Waals surface area contributed by atoms with Gasteiger partial charge in [-0.05, 0) is 50.3 Å². The number of likely N-dealkylation sites (N-methyl/N-ethyl adjacent to an activating group) is 1. The van der Waals surface area contributed by atoms with Crippen molar-refractivity contribution in [3.63, 3.8) is 0 Å². The molecule has 0 saturated carbocycles. The Bertz CT molecular complexity index is 653. The van der Waals surface area contributed by atoms with Crippen molar-refractivity contribution < 1.29 is 4.79 Å². The van der Waals surface area contributed by atoms with E-state index in [2.05, 4.69) is 62.4 Å². The Labute approximate surface area is 155 Å². The van der Waals surface area contributed by atoms with Gasteiger partial charge in [-0.15, -0.1) is 11.8 Å². The molecule has 2 rings (SSSR count). The Kier molecular flexibility index (Phi) is 7.53. The average Bonchev–Trinajstić information content (AvgIpc) is 2.59. The lowest BCUT2D eigenvalue weighted by molar-refractivity contribution is 0.0941. The van der Waals surface area contributed by atoms with Crippen LogP contribution in [0.2, 0.25) is 0 Å². The Morgan fingerprint density at radius 1 is 1.04 bits per heavy atom. The predicted octanol–water partition coefficient (Wildman–Crippen LogP) is 4.09. The van der Waals surface area contributed by atoms with Gasteiger partial charge in [-0.1, -0.05) is 44.2 Å². The summed E-state index contributed by atoms with van der Waals surface area (Å²) in [6.45, 7) is 4.96. The van der Waals surface area contributed by atoms with Gasteiger partial charge in [0.2, 0.25) is 0 Å². The molecule has 0 aliphatic rings. The lowest BCUT2D eigenvalue weighted by atomic mass is 10.1. The van der Waals surface area contributed by atoms with Gasteiger partial charge in [-0.2, -0.15) is 0 Å². The third kappa shape index (κ3) is 6.56. The van der Waals surface area contributed by atoms with Crippen molar-refractivity contribution in [3.8, 4) is 0 Å². The van der Waals surface area contributed by atoms with E-state index in [9.17, 15) is 4.79 Å². The number of thioether (sulfide) groups is 1. The summed E-state index contributed by atoms with van der Waals surface area (Å²) in [5.74, 6) is -0.0130. The van der Waals surface area contributed by atoms with E-state index in [0.29, 0.717) is 17.4 Å². The van der Waals surface area contributed by atoms with E-state index in [4.69, 9.17) is 0 Å². The summed E-state index contributed by atoms with van der Waals surface area (Å²) >= 11 is 1.80. The van der Waals surface area contributed by atoms with E-state index in [1.807, 2.05) is 30.3 Å². The molecule has 1 amide bonds. The highest BCUT2D eigenvalue weighted by Crippen LogP contribution is 2.22. The van der Waals surface area contributed by atoms with Gasteiger partial charge in [0.25, 0.3) is 5.91 Å². The van der Waals surface area contributed by atoms with Crippen molar-refractivity contribution in [2.45, 2.75) is 36.5 Å². The number of hydrogen-bond donors (Lipinski definition) is 1. The summed E-state index contributed by atoms with van der Waals surface area (Å²) in [5, 5.41) is 3.61. The largest absolute Gasteiger partial charge is 0.350 e. The van der Waals surface area contributed by atoms with E-state index in [1.165, 1.54) is 10.5 Å². The highest BCUT2D eigenvalue weighted by atomic mass is 32.2. The van der Waals surface area contributed by atoms with Gasteiger partial charge in [0, 0.05) is 28.3 Å². The molecular weight excluding hydrogens is 328 g/mol. The number of carbonyl (C=O) groups is 1. The lowest BCUT2D eigenvalue weighted by Crippen LogP contribution is -2.41. The topological polar surface area (TPSA) is 32.3 Å². The van der Waals surface area contributed by atoms with Crippen molar-refractivity contribution in [2.24, 2.45) is 0 Å². The molecule has 25 heavy (non-hydrogen) atoms. The molecule has 1 unspecified atom stereocenters. The molecule has 2 aromatic carbocycles. The Balaban J connectivity index is 1.92. The summed E-state index contributed by atoms with van der Waals surface area (Å²) in [7, 11) is 4.11. The molecular formula is C21H28N2OS. The van der Waals surface area contributed by atoms with Crippen LogP contribution in [0.25, 0.3) is 0 Å². The first-order valence-corrected chi connectivity index (χ1v) is 9.59. The van der Waals surface area contributed by atoms with Gasteiger partial charge >= 0.3 is 0 Å². The van der Waals surface area contributed by atoms with Gasteiger partial charge in [-0.25, -0.2) is 0 Å². The first-order chi connectivity index (χ1) is 12.0. The van der Waals surface area contributed by atoms with Crippen molar-refractivity contribution >= 4 is 17.7 Å². The van der Waals surface area contributed by atoms with Crippen LogP contribution in [0.5, 0.6) is 0 Å². The van der Waals surface area contributed by atoms with Gasteiger partial charge in [0.1, 0.15) is 0 Å². The van der Waals surface area contributed by atoms with Crippen LogP contribution in [0, 0.1) is 0 Å². The number of carbonyl (C=O) groups excluding carboxylic acids is 1. The van der Waals surface area contributed by atoms with Crippen molar-refractivity contribution in [3.05, 3.63) is 65.7 Å². The molecule has 4 heteroatoms. The van der Waals surface area contributed by atoms with Crippen LogP contribution in [0.4, 0.5) is 0 Å². The second-order valence-corrected chi connectivity index (χ2v) is 8.36. The minimum atomic E-state index is -0.0130. The quantitative estimate of drug-likeness (QED) is 0.723. The molecule has 3 nitrogen and oxygen atoms in total. The van der Waals surface area contributed by atoms with Crippen molar-refractivity contribution in [1.29, 1.82) is 0 Å². The normalized spacial score (nSPS) is 12.4. The zero-order valence-corrected chi connectivity index (χ0v) is 16.3. The minimum absolute atomic E-state index is 0.0130. The second-order valence-electron chi connectivity index (χ2n) is 6.71. The fourth-order valence-corrected chi connectivity index (χ4v) is 3.43. The van der Waals surface area contributed by atoms with Crippen LogP contribution >= 0.6 is 11.8 Å². The maximum absolute atomic E-state index is 12.4. The first kappa shape index (κ1) is 19.5. The zero-order valence-electron chi connectivity index (χ0n) is 15.5. The number of nitrogens with zero attached hydrogens (tertiary/aromatic N) is 1. The third-order valence-electron chi connectivity index (χ3n) is 4.03. The van der Waals surface area contributed by atoms with Gasteiger partial charge in [-0.3, -0.25) is 4.79 Å². The molecule has 0 heterocycles. The van der Waals surface area contributed by atoms with E-state index in [0.717, 1.165) is 6.42 Å². The lowest BCUT2D eigenvalue weighted by Gasteiger charge is -2.24. The Morgan fingerprint density at radius 2 is 1.68 bits per heavy atom. The second kappa shape index (κ2) is 9.64. The maximum Gasteiger partial charge on any atom is 0.251 e. The zero-order chi connectivity index (χ0) is 18.2. The van der Waals surface area contributed by atoms with Gasteiger partial charge in [0.05, 0.1) is 0 Å². The minimum Gasteiger partial charge on any atom is -0.350 e. The Hall–Kier alpha value is -1.78. The highest BCUT2D eigenvalue weighted by molar-refractivity contribution is 7.99. The van der Waals surface area contributed by atoms with Crippen molar-refractivity contribution in [1.82, 2.24) is 10.2 Å². The smallest absolute Gasteiger partial charge is 0.251 e. The molecule has 2 aromatic rings. The van der Waals surface area contributed by atoms with Crippen LogP contribution in [-0.2, 0) is 6.42 Å². The molecule has 134 valence electrons. The molecule has 1 atom stereocenters. The molecule has 0 radical (unpaired) electrons. The van der Waals surface area contributed by atoms with Crippen LogP contribution < -0.4 is 5.32 Å². The number of hydrogen-bond acceptors (Lipinski definition) is 3. The fraction of sp³-hybridized carbons (Fsp3) is 0.381. The highest BCUT2D eigenvalue weighted by Gasteiger charge is 2.14. The van der Waals surface area contributed by atoms with Crippen LogP contribution in [0.15, 0.2) is 59.5 Å². The molecule has 0 bridgehead atoms. The number of amides is 1. The number of rotatable bonds is 8. The van der Waals surface area contributed by atoms with E-state index in [-0.39, 0.29) is 11.9 Å². The molecule has 0 aliphatic carbocycles. The van der Waals surface area contributed by atoms with Crippen LogP contribution in [0.3, 0.4) is 0 Å². The molecule has 0 fully saturated rings. The Morgan fingerprint density at radius 3 is 2.24 bits per heavy atom. The number of nitrogens with one attached hydrogen (secondary N) is 1. The molecule has 0 aliphatic heterocycles. The molecule has 1 N–H and O–H groups in total. The van der Waals surface area contributed by atoms with E-state index < -0.39 is 0 Å². The molecule has 0 spiro atoms. The third-order valence-corrected chi connectivity index (χ3v) is 5.05. The van der Waals surface area contributed by atoms with Gasteiger partial charge < -0.3 is 10.2 Å². The van der Waals surface area contributed by atoms with E-state index in [1.54, 1.807) is 11.8 Å². The summed E-state index contributed by atoms with van der Waals surface area (Å²) in [5.41, 5.74) is 2.00. The monoisotopic (exact) mass is 356 g/mol. The average molecular weight is 357 g/mol. The fourth-order valence-electron chi connectivity index (χ4n) is 2.59. The molecule has 0 saturated heterocycles. The van der Waals surface area contributed by atoms with Crippen molar-refractivity contribution in [2.75, 3.05) is 20.6 Å². The van der Waals surface area contributed by atoms with Crippen LogP contribution in [0.1, 0.15) is 29.8 Å². The predicted molar refractivity (Wildman–Crippen MR) is 107 cm³/mol. The SMILES string of the molecule is CC(C)Sc1ccc(C(=O)NCC(Cc2ccccc2)N(C)C)cc1.